The molecule has 2 nitrogen and oxygen atoms in total. The molecule has 0 spiro atoms. The summed E-state index contributed by atoms with van der Waals surface area (Å²) in [6.07, 6.45) is 8.27. The number of benzene rings is 1. The normalized spacial score (nSPS) is 35.3. The van der Waals surface area contributed by atoms with E-state index in [2.05, 4.69) is 42.6 Å². The molecule has 2 heteroatoms. The first-order valence-corrected chi connectivity index (χ1v) is 8.23. The number of nitrogens with one attached hydrogen (secondary N) is 1. The summed E-state index contributed by atoms with van der Waals surface area (Å²) in [7, 11) is 0. The number of fused-ring (bicyclic) bond motifs is 1. The van der Waals surface area contributed by atoms with E-state index in [0.717, 1.165) is 12.8 Å². The van der Waals surface area contributed by atoms with Gasteiger partial charge in [-0.15, -0.1) is 0 Å². The van der Waals surface area contributed by atoms with Crippen molar-refractivity contribution in [3.05, 3.63) is 35.9 Å². The topological polar surface area (TPSA) is 32.3 Å². The Balaban J connectivity index is 1.72. The zero-order chi connectivity index (χ0) is 14.0. The maximum atomic E-state index is 11.2. The molecule has 0 heterocycles. The summed E-state index contributed by atoms with van der Waals surface area (Å²) >= 11 is 0. The first-order valence-electron chi connectivity index (χ1n) is 8.23. The molecule has 0 aliphatic heterocycles. The fraction of sp³-hybridized carbons (Fsp3) is 0.667. The minimum absolute atomic E-state index is 0.261. The van der Waals surface area contributed by atoms with Crippen LogP contribution in [0.15, 0.2) is 30.3 Å². The fourth-order valence-electron chi connectivity index (χ4n) is 4.29. The number of aliphatic hydroxyl groups is 1. The van der Waals surface area contributed by atoms with Gasteiger partial charge in [0.1, 0.15) is 0 Å². The van der Waals surface area contributed by atoms with Gasteiger partial charge in [0.05, 0.1) is 5.60 Å². The molecule has 20 heavy (non-hydrogen) atoms. The molecule has 2 N–H and O–H groups in total. The molecular formula is C18H27NO. The van der Waals surface area contributed by atoms with Gasteiger partial charge < -0.3 is 10.4 Å². The standard InChI is InChI=1S/C18H27NO/c1-14(15-8-3-2-4-9-15)19-17-12-7-11-16-10-5-6-13-18(16,17)20/h2-4,8-9,14,16-17,19-20H,5-7,10-13H2,1H3/t14-,16-,17+,18-/m1/s1. The van der Waals surface area contributed by atoms with Crippen molar-refractivity contribution in [2.24, 2.45) is 5.92 Å². The van der Waals surface area contributed by atoms with Crippen LogP contribution in [0.4, 0.5) is 0 Å². The van der Waals surface area contributed by atoms with Crippen LogP contribution < -0.4 is 5.32 Å². The molecule has 2 aliphatic rings. The van der Waals surface area contributed by atoms with Crippen LogP contribution in [-0.2, 0) is 0 Å². The van der Waals surface area contributed by atoms with Gasteiger partial charge in [-0.1, -0.05) is 49.6 Å². The molecule has 0 radical (unpaired) electrons. The van der Waals surface area contributed by atoms with Crippen molar-refractivity contribution in [2.45, 2.75) is 69.6 Å². The van der Waals surface area contributed by atoms with E-state index in [0.29, 0.717) is 12.0 Å². The predicted molar refractivity (Wildman–Crippen MR) is 82.5 cm³/mol. The van der Waals surface area contributed by atoms with Crippen LogP contribution in [0.2, 0.25) is 0 Å². The highest BCUT2D eigenvalue weighted by atomic mass is 16.3. The average molecular weight is 273 g/mol. The summed E-state index contributed by atoms with van der Waals surface area (Å²) in [4.78, 5) is 0. The zero-order valence-electron chi connectivity index (χ0n) is 12.5. The van der Waals surface area contributed by atoms with Gasteiger partial charge in [0.15, 0.2) is 0 Å². The van der Waals surface area contributed by atoms with Crippen molar-refractivity contribution < 1.29 is 5.11 Å². The van der Waals surface area contributed by atoms with Crippen LogP contribution in [0.3, 0.4) is 0 Å². The monoisotopic (exact) mass is 273 g/mol. The second-order valence-electron chi connectivity index (χ2n) is 6.72. The minimum Gasteiger partial charge on any atom is -0.388 e. The molecule has 0 unspecified atom stereocenters. The Hall–Kier alpha value is -0.860. The van der Waals surface area contributed by atoms with Gasteiger partial charge in [-0.2, -0.15) is 0 Å². The molecule has 0 saturated heterocycles. The van der Waals surface area contributed by atoms with Gasteiger partial charge in [-0.05, 0) is 44.1 Å². The van der Waals surface area contributed by atoms with Crippen LogP contribution in [-0.4, -0.2) is 16.7 Å². The quantitative estimate of drug-likeness (QED) is 0.877. The summed E-state index contributed by atoms with van der Waals surface area (Å²) in [6.45, 7) is 2.21. The first kappa shape index (κ1) is 14.1. The van der Waals surface area contributed by atoms with Crippen molar-refractivity contribution in [3.8, 4) is 0 Å². The number of hydrogen-bond donors (Lipinski definition) is 2. The molecule has 3 rings (SSSR count). The zero-order valence-corrected chi connectivity index (χ0v) is 12.5. The van der Waals surface area contributed by atoms with Crippen molar-refractivity contribution in [2.75, 3.05) is 0 Å². The maximum absolute atomic E-state index is 11.2. The van der Waals surface area contributed by atoms with E-state index < -0.39 is 5.60 Å². The Bertz CT molecular complexity index is 430. The van der Waals surface area contributed by atoms with E-state index in [9.17, 15) is 5.11 Å². The highest BCUT2D eigenvalue weighted by Crippen LogP contribution is 2.44. The van der Waals surface area contributed by atoms with Gasteiger partial charge in [-0.3, -0.25) is 0 Å². The maximum Gasteiger partial charge on any atom is 0.0828 e. The van der Waals surface area contributed by atoms with E-state index >= 15 is 0 Å². The lowest BCUT2D eigenvalue weighted by Gasteiger charge is -2.50. The van der Waals surface area contributed by atoms with Gasteiger partial charge >= 0.3 is 0 Å². The van der Waals surface area contributed by atoms with Crippen molar-refractivity contribution in [3.63, 3.8) is 0 Å². The second-order valence-corrected chi connectivity index (χ2v) is 6.72. The Morgan fingerprint density at radius 3 is 2.65 bits per heavy atom. The van der Waals surface area contributed by atoms with Crippen LogP contribution >= 0.6 is 0 Å². The Labute approximate surface area is 122 Å². The molecule has 1 aromatic rings. The Morgan fingerprint density at radius 2 is 1.85 bits per heavy atom. The van der Waals surface area contributed by atoms with Gasteiger partial charge in [0.2, 0.25) is 0 Å². The van der Waals surface area contributed by atoms with E-state index in [-0.39, 0.29) is 6.04 Å². The molecule has 2 saturated carbocycles. The highest BCUT2D eigenvalue weighted by Gasteiger charge is 2.47. The lowest BCUT2D eigenvalue weighted by Crippen LogP contribution is -2.59. The van der Waals surface area contributed by atoms with E-state index in [1.54, 1.807) is 0 Å². The van der Waals surface area contributed by atoms with Gasteiger partial charge in [0, 0.05) is 12.1 Å². The Kier molecular flexibility index (Phi) is 4.13. The SMILES string of the molecule is C[C@@H](N[C@H]1CCC[C@H]2CCCC[C@@]21O)c1ccccc1. The van der Waals surface area contributed by atoms with Crippen molar-refractivity contribution in [1.29, 1.82) is 0 Å². The van der Waals surface area contributed by atoms with E-state index in [1.165, 1.54) is 37.7 Å². The summed E-state index contributed by atoms with van der Waals surface area (Å²) in [6, 6.07) is 11.1. The average Bonchev–Trinajstić information content (AvgIpc) is 2.49. The highest BCUT2D eigenvalue weighted by molar-refractivity contribution is 5.19. The second kappa shape index (κ2) is 5.87. The van der Waals surface area contributed by atoms with Crippen molar-refractivity contribution in [1.82, 2.24) is 5.32 Å². The number of hydrogen-bond acceptors (Lipinski definition) is 2. The smallest absolute Gasteiger partial charge is 0.0828 e. The first-order chi connectivity index (χ1) is 9.70. The van der Waals surface area contributed by atoms with Crippen LogP contribution in [0.1, 0.15) is 63.5 Å². The van der Waals surface area contributed by atoms with Crippen LogP contribution in [0.25, 0.3) is 0 Å². The third-order valence-corrected chi connectivity index (χ3v) is 5.49. The largest absolute Gasteiger partial charge is 0.388 e. The molecule has 0 aromatic heterocycles. The lowest BCUT2D eigenvalue weighted by molar-refractivity contribution is -0.101. The molecule has 0 bridgehead atoms. The molecule has 4 atom stereocenters. The third kappa shape index (κ3) is 2.64. The molecule has 110 valence electrons. The van der Waals surface area contributed by atoms with Crippen LogP contribution in [0, 0.1) is 5.92 Å². The van der Waals surface area contributed by atoms with Crippen molar-refractivity contribution >= 4 is 0 Å². The molecular weight excluding hydrogens is 246 g/mol. The Morgan fingerprint density at radius 1 is 1.10 bits per heavy atom. The van der Waals surface area contributed by atoms with Crippen LogP contribution in [0.5, 0.6) is 0 Å². The lowest BCUT2D eigenvalue weighted by atomic mass is 9.64. The summed E-state index contributed by atoms with van der Waals surface area (Å²) < 4.78 is 0. The predicted octanol–water partition coefficient (Wildman–Crippen LogP) is 3.81. The van der Waals surface area contributed by atoms with E-state index in [1.807, 2.05) is 0 Å². The molecule has 2 aliphatic carbocycles. The molecule has 2 fully saturated rings. The summed E-state index contributed by atoms with van der Waals surface area (Å²) in [5.74, 6) is 0.519. The third-order valence-electron chi connectivity index (χ3n) is 5.49. The molecule has 1 aromatic carbocycles. The summed E-state index contributed by atoms with van der Waals surface area (Å²) in [5.41, 5.74) is 0.855. The molecule has 0 amide bonds. The van der Waals surface area contributed by atoms with Gasteiger partial charge in [-0.25, -0.2) is 0 Å². The minimum atomic E-state index is -0.459. The van der Waals surface area contributed by atoms with Gasteiger partial charge in [0.25, 0.3) is 0 Å². The fourth-order valence-corrected chi connectivity index (χ4v) is 4.29. The number of rotatable bonds is 3. The van der Waals surface area contributed by atoms with E-state index in [4.69, 9.17) is 0 Å². The summed E-state index contributed by atoms with van der Waals surface area (Å²) in [5, 5.41) is 14.9.